The highest BCUT2D eigenvalue weighted by Crippen LogP contribution is 2.42. The van der Waals surface area contributed by atoms with Crippen molar-refractivity contribution in [2.24, 2.45) is 0 Å². The molecule has 0 aliphatic heterocycles. The number of hydrogen-bond donors (Lipinski definition) is 0. The Morgan fingerprint density at radius 3 is 2.24 bits per heavy atom. The Morgan fingerprint density at radius 2 is 1.57 bits per heavy atom. The van der Waals surface area contributed by atoms with E-state index >= 15 is 0 Å². The summed E-state index contributed by atoms with van der Waals surface area (Å²) < 4.78 is 15.5. The summed E-state index contributed by atoms with van der Waals surface area (Å²) in [5.74, 6) is 1.11. The van der Waals surface area contributed by atoms with Crippen LogP contribution in [0.5, 0.6) is 11.5 Å². The molecular formula is C17H16O4. The van der Waals surface area contributed by atoms with Crippen LogP contribution in [0.1, 0.15) is 21.5 Å². The Kier molecular flexibility index (Phi) is 3.29. The van der Waals surface area contributed by atoms with E-state index in [4.69, 9.17) is 14.2 Å². The van der Waals surface area contributed by atoms with Crippen molar-refractivity contribution in [1.29, 1.82) is 0 Å². The smallest absolute Gasteiger partial charge is 0.337 e. The monoisotopic (exact) mass is 284 g/mol. The second-order valence-electron chi connectivity index (χ2n) is 4.90. The summed E-state index contributed by atoms with van der Waals surface area (Å²) in [6, 6.07) is 9.61. The summed E-state index contributed by atoms with van der Waals surface area (Å²) >= 11 is 0. The first-order chi connectivity index (χ1) is 10.2. The van der Waals surface area contributed by atoms with Crippen LogP contribution in [0.15, 0.2) is 30.3 Å². The van der Waals surface area contributed by atoms with Crippen molar-refractivity contribution in [1.82, 2.24) is 0 Å². The predicted molar refractivity (Wildman–Crippen MR) is 79.1 cm³/mol. The van der Waals surface area contributed by atoms with Gasteiger partial charge in [0.25, 0.3) is 0 Å². The topological polar surface area (TPSA) is 44.8 Å². The fourth-order valence-electron chi connectivity index (χ4n) is 2.77. The van der Waals surface area contributed by atoms with E-state index in [1.165, 1.54) is 12.7 Å². The molecule has 0 atom stereocenters. The minimum atomic E-state index is -0.316. The molecule has 108 valence electrons. The van der Waals surface area contributed by atoms with Gasteiger partial charge in [0.15, 0.2) is 11.5 Å². The molecule has 4 heteroatoms. The quantitative estimate of drug-likeness (QED) is 0.693. The van der Waals surface area contributed by atoms with Crippen LogP contribution in [-0.4, -0.2) is 27.3 Å². The Balaban J connectivity index is 2.09. The van der Waals surface area contributed by atoms with E-state index in [0.717, 1.165) is 28.9 Å². The first kappa shape index (κ1) is 13.5. The molecule has 0 heterocycles. The fourth-order valence-corrected chi connectivity index (χ4v) is 2.77. The molecule has 0 N–H and O–H groups in total. The molecule has 0 saturated carbocycles. The van der Waals surface area contributed by atoms with Gasteiger partial charge in [-0.25, -0.2) is 4.79 Å². The Hall–Kier alpha value is -2.49. The summed E-state index contributed by atoms with van der Waals surface area (Å²) in [4.78, 5) is 11.6. The van der Waals surface area contributed by atoms with Gasteiger partial charge in [-0.05, 0) is 52.9 Å². The van der Waals surface area contributed by atoms with Gasteiger partial charge in [0.1, 0.15) is 0 Å². The second-order valence-corrected chi connectivity index (χ2v) is 4.90. The zero-order chi connectivity index (χ0) is 15.0. The van der Waals surface area contributed by atoms with Crippen molar-refractivity contribution in [2.45, 2.75) is 6.42 Å². The molecular weight excluding hydrogens is 268 g/mol. The van der Waals surface area contributed by atoms with E-state index in [9.17, 15) is 4.79 Å². The van der Waals surface area contributed by atoms with Crippen molar-refractivity contribution in [3.05, 3.63) is 47.0 Å². The van der Waals surface area contributed by atoms with Gasteiger partial charge < -0.3 is 14.2 Å². The van der Waals surface area contributed by atoms with Gasteiger partial charge in [0.05, 0.1) is 26.9 Å². The van der Waals surface area contributed by atoms with E-state index in [1.54, 1.807) is 20.3 Å². The Morgan fingerprint density at radius 1 is 0.905 bits per heavy atom. The van der Waals surface area contributed by atoms with Crippen LogP contribution in [0.25, 0.3) is 11.1 Å². The summed E-state index contributed by atoms with van der Waals surface area (Å²) in [6.45, 7) is 0. The zero-order valence-electron chi connectivity index (χ0n) is 12.2. The number of ether oxygens (including phenoxy) is 3. The Labute approximate surface area is 123 Å². The summed E-state index contributed by atoms with van der Waals surface area (Å²) in [5, 5.41) is 0. The van der Waals surface area contributed by atoms with Crippen molar-refractivity contribution in [2.75, 3.05) is 21.3 Å². The van der Waals surface area contributed by atoms with Gasteiger partial charge in [0.2, 0.25) is 0 Å². The second kappa shape index (κ2) is 5.13. The molecule has 0 saturated heterocycles. The molecule has 0 spiro atoms. The number of carbonyl (C=O) groups excluding carboxylic acids is 1. The fraction of sp³-hybridized carbons (Fsp3) is 0.235. The minimum absolute atomic E-state index is 0.316. The highest BCUT2D eigenvalue weighted by atomic mass is 16.5. The molecule has 1 aliphatic carbocycles. The molecule has 4 nitrogen and oxygen atoms in total. The average Bonchev–Trinajstić information content (AvgIpc) is 2.88. The molecule has 0 radical (unpaired) electrons. The van der Waals surface area contributed by atoms with Crippen molar-refractivity contribution in [3.8, 4) is 22.6 Å². The molecule has 2 aromatic rings. The van der Waals surface area contributed by atoms with Crippen LogP contribution in [0.2, 0.25) is 0 Å². The maximum absolute atomic E-state index is 11.6. The predicted octanol–water partition coefficient (Wildman–Crippen LogP) is 3.06. The lowest BCUT2D eigenvalue weighted by Crippen LogP contribution is -2.01. The first-order valence-electron chi connectivity index (χ1n) is 6.64. The van der Waals surface area contributed by atoms with E-state index in [1.807, 2.05) is 24.3 Å². The maximum atomic E-state index is 11.6. The number of methoxy groups -OCH3 is 3. The third-order valence-electron chi connectivity index (χ3n) is 3.81. The number of benzene rings is 2. The molecule has 1 aliphatic rings. The highest BCUT2D eigenvalue weighted by Gasteiger charge is 2.22. The molecule has 0 amide bonds. The SMILES string of the molecule is COC(=O)c1ccc2c(c1)Cc1cc(OC)c(OC)cc1-2. The number of hydrogen-bond acceptors (Lipinski definition) is 4. The van der Waals surface area contributed by atoms with Crippen molar-refractivity contribution in [3.63, 3.8) is 0 Å². The number of carbonyl (C=O) groups is 1. The number of rotatable bonds is 3. The van der Waals surface area contributed by atoms with E-state index < -0.39 is 0 Å². The normalized spacial score (nSPS) is 11.6. The highest BCUT2D eigenvalue weighted by molar-refractivity contribution is 5.91. The van der Waals surface area contributed by atoms with Crippen LogP contribution in [0.3, 0.4) is 0 Å². The first-order valence-corrected chi connectivity index (χ1v) is 6.64. The Bertz CT molecular complexity index is 719. The summed E-state index contributed by atoms with van der Waals surface area (Å²) in [5.41, 5.74) is 5.11. The van der Waals surface area contributed by atoms with Gasteiger partial charge in [-0.3, -0.25) is 0 Å². The molecule has 0 bridgehead atoms. The zero-order valence-corrected chi connectivity index (χ0v) is 12.2. The molecule has 0 unspecified atom stereocenters. The number of esters is 1. The lowest BCUT2D eigenvalue weighted by Gasteiger charge is -2.10. The third kappa shape index (κ3) is 2.13. The standard InChI is InChI=1S/C17H16O4/c1-19-15-8-12-7-11-6-10(17(18)21-3)4-5-13(11)14(12)9-16(15)20-2/h4-6,8-9H,7H2,1-3H3. The molecule has 0 aromatic heterocycles. The van der Waals surface area contributed by atoms with E-state index in [0.29, 0.717) is 11.3 Å². The van der Waals surface area contributed by atoms with Crippen LogP contribution in [-0.2, 0) is 11.2 Å². The largest absolute Gasteiger partial charge is 0.493 e. The lowest BCUT2D eigenvalue weighted by molar-refractivity contribution is 0.0600. The van der Waals surface area contributed by atoms with Gasteiger partial charge in [-0.2, -0.15) is 0 Å². The molecule has 21 heavy (non-hydrogen) atoms. The average molecular weight is 284 g/mol. The maximum Gasteiger partial charge on any atom is 0.337 e. The molecule has 0 fully saturated rings. The van der Waals surface area contributed by atoms with Crippen LogP contribution in [0, 0.1) is 0 Å². The van der Waals surface area contributed by atoms with Gasteiger partial charge in [-0.15, -0.1) is 0 Å². The van der Waals surface area contributed by atoms with Gasteiger partial charge in [0, 0.05) is 0 Å². The van der Waals surface area contributed by atoms with Crippen molar-refractivity contribution < 1.29 is 19.0 Å². The minimum Gasteiger partial charge on any atom is -0.493 e. The molecule has 2 aromatic carbocycles. The van der Waals surface area contributed by atoms with E-state index in [2.05, 4.69) is 0 Å². The van der Waals surface area contributed by atoms with Crippen LogP contribution < -0.4 is 9.47 Å². The lowest BCUT2D eigenvalue weighted by atomic mass is 10.0. The molecule has 3 rings (SSSR count). The summed E-state index contributed by atoms with van der Waals surface area (Å²) in [6.07, 6.45) is 0.774. The van der Waals surface area contributed by atoms with Gasteiger partial charge in [-0.1, -0.05) is 6.07 Å². The summed E-state index contributed by atoms with van der Waals surface area (Å²) in [7, 11) is 4.64. The van der Waals surface area contributed by atoms with Gasteiger partial charge >= 0.3 is 5.97 Å². The van der Waals surface area contributed by atoms with Crippen LogP contribution >= 0.6 is 0 Å². The number of fused-ring (bicyclic) bond motifs is 3. The third-order valence-corrected chi connectivity index (χ3v) is 3.81. The van der Waals surface area contributed by atoms with Crippen LogP contribution in [0.4, 0.5) is 0 Å². The van der Waals surface area contributed by atoms with Crippen molar-refractivity contribution >= 4 is 5.97 Å². The van der Waals surface area contributed by atoms with E-state index in [-0.39, 0.29) is 5.97 Å².